The van der Waals surface area contributed by atoms with Crippen LogP contribution in [0.3, 0.4) is 0 Å². The summed E-state index contributed by atoms with van der Waals surface area (Å²) in [5, 5.41) is 0. The van der Waals surface area contributed by atoms with Crippen LogP contribution in [0.2, 0.25) is 0 Å². The van der Waals surface area contributed by atoms with Crippen LogP contribution in [0.15, 0.2) is 40.3 Å². The Morgan fingerprint density at radius 3 is 2.34 bits per heavy atom. The number of nitrogens with zero attached hydrogens (tertiary/aromatic N) is 2. The molecule has 7 nitrogen and oxygen atoms in total. The summed E-state index contributed by atoms with van der Waals surface area (Å²) < 4.78 is 61.1. The summed E-state index contributed by atoms with van der Waals surface area (Å²) in [7, 11) is -3.75. The number of alkyl halides is 2. The van der Waals surface area contributed by atoms with E-state index >= 15 is 0 Å². The summed E-state index contributed by atoms with van der Waals surface area (Å²) >= 11 is 0. The van der Waals surface area contributed by atoms with E-state index in [1.807, 2.05) is 0 Å². The van der Waals surface area contributed by atoms with Gasteiger partial charge in [0.05, 0.1) is 4.90 Å². The van der Waals surface area contributed by atoms with Crippen molar-refractivity contribution in [3.05, 3.63) is 35.4 Å². The summed E-state index contributed by atoms with van der Waals surface area (Å²) in [5.74, 6) is 0.258. The summed E-state index contributed by atoms with van der Waals surface area (Å²) in [5.41, 5.74) is 1.92. The lowest BCUT2D eigenvalue weighted by atomic mass is 10.0. The van der Waals surface area contributed by atoms with Gasteiger partial charge in [0, 0.05) is 45.8 Å². The first-order chi connectivity index (χ1) is 13.8. The molecule has 0 N–H and O–H groups in total. The third-order valence-corrected chi connectivity index (χ3v) is 7.33. The van der Waals surface area contributed by atoms with Crippen LogP contribution in [0.1, 0.15) is 12.8 Å². The fourth-order valence-electron chi connectivity index (χ4n) is 3.95. The number of hydrogen-bond donors (Lipinski definition) is 0. The van der Waals surface area contributed by atoms with Gasteiger partial charge in [0.25, 0.3) is 0 Å². The molecule has 0 spiro atoms. The highest BCUT2D eigenvalue weighted by molar-refractivity contribution is 7.89. The number of ether oxygens (including phenoxy) is 2. The van der Waals surface area contributed by atoms with Crippen LogP contribution in [0.25, 0.3) is 0 Å². The van der Waals surface area contributed by atoms with Crippen molar-refractivity contribution in [3.63, 3.8) is 0 Å². The van der Waals surface area contributed by atoms with Crippen molar-refractivity contribution in [3.8, 4) is 5.75 Å². The Balaban J connectivity index is 1.35. The normalized spacial score (nSPS) is 22.6. The molecule has 29 heavy (non-hydrogen) atoms. The Labute approximate surface area is 167 Å². The molecule has 1 aromatic rings. The van der Waals surface area contributed by atoms with Gasteiger partial charge in [-0.3, -0.25) is 4.79 Å². The zero-order valence-corrected chi connectivity index (χ0v) is 16.5. The smallest absolute Gasteiger partial charge is 0.387 e. The molecule has 0 aromatic heterocycles. The average Bonchev–Trinajstić information content (AvgIpc) is 3.37. The van der Waals surface area contributed by atoms with Crippen molar-refractivity contribution in [2.45, 2.75) is 24.3 Å². The van der Waals surface area contributed by atoms with E-state index in [0.717, 1.165) is 17.6 Å². The standard InChI is InChI=1S/C19H22F2N2O5S/c20-19(21)28-16-1-3-17(4-2-16)29(25,26)23-10-14-8-22(9-15(14)11-23)18(24)7-13-5-6-27-12-13/h1-4,13,19H,5-12H2/t13-/m0/s1. The molecule has 10 heteroatoms. The van der Waals surface area contributed by atoms with Crippen molar-refractivity contribution in [2.75, 3.05) is 39.4 Å². The third kappa shape index (κ3) is 4.29. The number of amides is 1. The van der Waals surface area contributed by atoms with Crippen LogP contribution >= 0.6 is 0 Å². The van der Waals surface area contributed by atoms with Crippen molar-refractivity contribution >= 4 is 15.9 Å². The molecule has 3 aliphatic heterocycles. The van der Waals surface area contributed by atoms with E-state index in [1.54, 1.807) is 4.90 Å². The number of sulfonamides is 1. The lowest BCUT2D eigenvalue weighted by molar-refractivity contribution is -0.131. The van der Waals surface area contributed by atoms with Gasteiger partial charge in [-0.05, 0) is 47.8 Å². The molecule has 0 aliphatic carbocycles. The highest BCUT2D eigenvalue weighted by atomic mass is 32.2. The zero-order valence-electron chi connectivity index (χ0n) is 15.7. The summed E-state index contributed by atoms with van der Waals surface area (Å²) in [6, 6.07) is 4.94. The highest BCUT2D eigenvalue weighted by Gasteiger charge is 2.38. The maximum absolute atomic E-state index is 12.9. The van der Waals surface area contributed by atoms with Gasteiger partial charge in [-0.15, -0.1) is 0 Å². The molecular formula is C19H22F2N2O5S. The molecule has 0 saturated carbocycles. The van der Waals surface area contributed by atoms with E-state index in [9.17, 15) is 22.0 Å². The molecule has 0 unspecified atom stereocenters. The molecule has 1 atom stereocenters. The lowest BCUT2D eigenvalue weighted by Gasteiger charge is -2.23. The number of hydrogen-bond acceptors (Lipinski definition) is 5. The van der Waals surface area contributed by atoms with Gasteiger partial charge >= 0.3 is 6.61 Å². The Hall–Kier alpha value is -2.04. The second-order valence-electron chi connectivity index (χ2n) is 7.51. The maximum Gasteiger partial charge on any atom is 0.387 e. The lowest BCUT2D eigenvalue weighted by Crippen LogP contribution is -2.37. The molecule has 1 saturated heterocycles. The molecule has 1 aromatic carbocycles. The topological polar surface area (TPSA) is 76.2 Å². The van der Waals surface area contributed by atoms with Crippen molar-refractivity contribution in [1.82, 2.24) is 9.21 Å². The van der Waals surface area contributed by atoms with Crippen molar-refractivity contribution in [2.24, 2.45) is 5.92 Å². The van der Waals surface area contributed by atoms with Gasteiger partial charge in [-0.25, -0.2) is 8.42 Å². The summed E-state index contributed by atoms with van der Waals surface area (Å²) in [6.07, 6.45) is 1.37. The first-order valence-electron chi connectivity index (χ1n) is 9.43. The molecule has 4 rings (SSSR count). The Kier molecular flexibility index (Phi) is 5.58. The van der Waals surface area contributed by atoms with Crippen LogP contribution in [-0.4, -0.2) is 69.5 Å². The van der Waals surface area contributed by atoms with Crippen LogP contribution in [-0.2, 0) is 19.6 Å². The Morgan fingerprint density at radius 1 is 1.14 bits per heavy atom. The number of carbonyl (C=O) groups excluding carboxylic acids is 1. The Morgan fingerprint density at radius 2 is 1.79 bits per heavy atom. The predicted octanol–water partition coefficient (Wildman–Crippen LogP) is 1.86. The second-order valence-corrected chi connectivity index (χ2v) is 9.45. The number of rotatable bonds is 6. The molecule has 1 fully saturated rings. The van der Waals surface area contributed by atoms with E-state index < -0.39 is 16.6 Å². The van der Waals surface area contributed by atoms with Crippen LogP contribution in [0.4, 0.5) is 8.78 Å². The quantitative estimate of drug-likeness (QED) is 0.647. The minimum Gasteiger partial charge on any atom is -0.435 e. The predicted molar refractivity (Wildman–Crippen MR) is 99.0 cm³/mol. The first-order valence-corrected chi connectivity index (χ1v) is 10.9. The molecular weight excluding hydrogens is 406 g/mol. The molecule has 158 valence electrons. The van der Waals surface area contributed by atoms with Crippen LogP contribution in [0, 0.1) is 5.92 Å². The van der Waals surface area contributed by atoms with Gasteiger partial charge in [0.2, 0.25) is 15.9 Å². The average molecular weight is 428 g/mol. The fourth-order valence-corrected chi connectivity index (χ4v) is 5.38. The van der Waals surface area contributed by atoms with Crippen LogP contribution < -0.4 is 4.74 Å². The second kappa shape index (κ2) is 8.00. The van der Waals surface area contributed by atoms with Gasteiger partial charge < -0.3 is 14.4 Å². The van der Waals surface area contributed by atoms with E-state index in [4.69, 9.17) is 4.74 Å². The monoisotopic (exact) mass is 428 g/mol. The third-order valence-electron chi connectivity index (χ3n) is 5.52. The zero-order chi connectivity index (χ0) is 20.6. The van der Waals surface area contributed by atoms with Gasteiger partial charge in [-0.2, -0.15) is 13.1 Å². The minimum absolute atomic E-state index is 0.0226. The fraction of sp³-hybridized carbons (Fsp3) is 0.526. The maximum atomic E-state index is 12.9. The van der Waals surface area contributed by atoms with E-state index in [-0.39, 0.29) is 35.6 Å². The minimum atomic E-state index is -3.75. The van der Waals surface area contributed by atoms with E-state index in [0.29, 0.717) is 32.7 Å². The van der Waals surface area contributed by atoms with Crippen molar-refractivity contribution < 1.29 is 31.5 Å². The summed E-state index contributed by atoms with van der Waals surface area (Å²) in [4.78, 5) is 14.3. The molecule has 3 heterocycles. The molecule has 1 amide bonds. The first kappa shape index (κ1) is 20.2. The largest absolute Gasteiger partial charge is 0.435 e. The summed E-state index contributed by atoms with van der Waals surface area (Å²) in [6.45, 7) is -0.250. The van der Waals surface area contributed by atoms with Gasteiger partial charge in [0.15, 0.2) is 0 Å². The van der Waals surface area contributed by atoms with E-state index in [2.05, 4.69) is 4.74 Å². The number of benzene rings is 1. The SMILES string of the molecule is O=C(C[C@@H]1CCOC1)N1CC2=C(C1)CN(S(=O)(=O)c1ccc(OC(F)F)cc1)C2. The number of carbonyl (C=O) groups is 1. The van der Waals surface area contributed by atoms with E-state index in [1.165, 1.54) is 28.6 Å². The van der Waals surface area contributed by atoms with Gasteiger partial charge in [-0.1, -0.05) is 0 Å². The van der Waals surface area contributed by atoms with Crippen LogP contribution in [0.5, 0.6) is 5.75 Å². The molecule has 3 aliphatic rings. The molecule has 0 bridgehead atoms. The Bertz CT molecular complexity index is 893. The van der Waals surface area contributed by atoms with Gasteiger partial charge in [0.1, 0.15) is 5.75 Å². The number of halogens is 2. The molecule has 0 radical (unpaired) electrons. The highest BCUT2D eigenvalue weighted by Crippen LogP contribution is 2.31. The van der Waals surface area contributed by atoms with Crippen molar-refractivity contribution in [1.29, 1.82) is 0 Å².